The molecule has 0 fully saturated rings. The topological polar surface area (TPSA) is 61.8 Å². The first-order valence-electron chi connectivity index (χ1n) is 6.05. The number of benzene rings is 1. The van der Waals surface area contributed by atoms with Gasteiger partial charge in [0.05, 0.1) is 0 Å². The fraction of sp³-hybridized carbons (Fsp3) is 0.462. The van der Waals surface area contributed by atoms with E-state index in [0.717, 1.165) is 23.1 Å². The first kappa shape index (κ1) is 14.8. The van der Waals surface area contributed by atoms with Crippen LogP contribution in [-0.2, 0) is 0 Å². The molecule has 100 valence electrons. The zero-order valence-corrected chi connectivity index (χ0v) is 12.6. The van der Waals surface area contributed by atoms with Gasteiger partial charge < -0.3 is 15.8 Å². The third kappa shape index (κ3) is 3.38. The Morgan fingerprint density at radius 2 is 2.17 bits per heavy atom. The second-order valence-corrected chi connectivity index (χ2v) is 5.29. The average Bonchev–Trinajstić information content (AvgIpc) is 2.34. The highest BCUT2D eigenvalue weighted by Gasteiger charge is 2.12. The van der Waals surface area contributed by atoms with Gasteiger partial charge in [0.15, 0.2) is 5.84 Å². The fourth-order valence-electron chi connectivity index (χ4n) is 1.87. The zero-order chi connectivity index (χ0) is 13.7. The monoisotopic (exact) mass is 313 g/mol. The minimum atomic E-state index is 0.111. The lowest BCUT2D eigenvalue weighted by Gasteiger charge is -2.29. The Bertz CT molecular complexity index is 432. The molecule has 18 heavy (non-hydrogen) atoms. The lowest BCUT2D eigenvalue weighted by molar-refractivity contribution is 0.318. The van der Waals surface area contributed by atoms with Crippen molar-refractivity contribution in [2.45, 2.75) is 33.2 Å². The minimum absolute atomic E-state index is 0.111. The van der Waals surface area contributed by atoms with Crippen molar-refractivity contribution in [1.29, 1.82) is 0 Å². The van der Waals surface area contributed by atoms with Gasteiger partial charge in [0.25, 0.3) is 0 Å². The van der Waals surface area contributed by atoms with Crippen LogP contribution in [0.5, 0.6) is 0 Å². The number of hydrogen-bond acceptors (Lipinski definition) is 3. The minimum Gasteiger partial charge on any atom is -0.409 e. The maximum Gasteiger partial charge on any atom is 0.171 e. The van der Waals surface area contributed by atoms with E-state index in [1.54, 1.807) is 0 Å². The molecule has 1 aromatic rings. The summed E-state index contributed by atoms with van der Waals surface area (Å²) in [6.07, 6.45) is 1.10. The molecule has 0 aromatic heterocycles. The molecule has 0 unspecified atom stereocenters. The van der Waals surface area contributed by atoms with Crippen molar-refractivity contribution in [2.75, 3.05) is 11.4 Å². The second kappa shape index (κ2) is 6.64. The number of anilines is 1. The third-order valence-corrected chi connectivity index (χ3v) is 3.41. The van der Waals surface area contributed by atoms with E-state index in [9.17, 15) is 0 Å². The van der Waals surface area contributed by atoms with Crippen LogP contribution in [0, 0.1) is 0 Å². The van der Waals surface area contributed by atoms with E-state index in [1.165, 1.54) is 0 Å². The molecule has 0 atom stereocenters. The van der Waals surface area contributed by atoms with E-state index in [0.29, 0.717) is 11.6 Å². The molecule has 1 aromatic carbocycles. The highest BCUT2D eigenvalue weighted by atomic mass is 79.9. The first-order chi connectivity index (χ1) is 8.51. The maximum absolute atomic E-state index is 8.70. The normalized spacial score (nSPS) is 11.9. The van der Waals surface area contributed by atoms with Crippen LogP contribution < -0.4 is 10.6 Å². The Labute approximate surface area is 117 Å². The van der Waals surface area contributed by atoms with Crippen LogP contribution >= 0.6 is 15.9 Å². The van der Waals surface area contributed by atoms with E-state index in [2.05, 4.69) is 46.8 Å². The Morgan fingerprint density at radius 3 is 2.61 bits per heavy atom. The average molecular weight is 314 g/mol. The third-order valence-electron chi connectivity index (χ3n) is 2.76. The summed E-state index contributed by atoms with van der Waals surface area (Å²) in [6, 6.07) is 6.29. The quantitative estimate of drug-likeness (QED) is 0.380. The molecule has 0 saturated heterocycles. The summed E-state index contributed by atoms with van der Waals surface area (Å²) in [7, 11) is 0. The van der Waals surface area contributed by atoms with Gasteiger partial charge in [-0.3, -0.25) is 0 Å². The number of hydrogen-bond donors (Lipinski definition) is 2. The van der Waals surface area contributed by atoms with Crippen LogP contribution in [0.1, 0.15) is 32.8 Å². The molecule has 0 aliphatic rings. The van der Waals surface area contributed by atoms with Gasteiger partial charge in [-0.1, -0.05) is 12.1 Å². The molecule has 0 spiro atoms. The summed E-state index contributed by atoms with van der Waals surface area (Å²) in [5.41, 5.74) is 7.42. The molecule has 0 aliphatic carbocycles. The lowest BCUT2D eigenvalue weighted by atomic mass is 10.1. The zero-order valence-electron chi connectivity index (χ0n) is 11.0. The molecular weight excluding hydrogens is 294 g/mol. The molecule has 1 rings (SSSR count). The van der Waals surface area contributed by atoms with Gasteiger partial charge in [-0.2, -0.15) is 0 Å². The molecule has 4 nitrogen and oxygen atoms in total. The number of halogens is 1. The summed E-state index contributed by atoms with van der Waals surface area (Å²) >= 11 is 3.46. The molecule has 3 N–H and O–H groups in total. The SMILES string of the molecule is CCCN(c1ccc(/C(N)=N/O)c(Br)c1)C(C)C. The highest BCUT2D eigenvalue weighted by Crippen LogP contribution is 2.25. The summed E-state index contributed by atoms with van der Waals surface area (Å²) in [6.45, 7) is 7.50. The molecule has 0 amide bonds. The van der Waals surface area contributed by atoms with Crippen LogP contribution in [-0.4, -0.2) is 23.6 Å². The number of oxime groups is 1. The first-order valence-corrected chi connectivity index (χ1v) is 6.84. The Hall–Kier alpha value is -1.23. The predicted octanol–water partition coefficient (Wildman–Crippen LogP) is 3.17. The second-order valence-electron chi connectivity index (χ2n) is 4.44. The summed E-state index contributed by atoms with van der Waals surface area (Å²) in [4.78, 5) is 2.32. The molecule has 0 radical (unpaired) electrons. The highest BCUT2D eigenvalue weighted by molar-refractivity contribution is 9.10. The van der Waals surface area contributed by atoms with Crippen molar-refractivity contribution in [2.24, 2.45) is 10.9 Å². The molecule has 0 bridgehead atoms. The number of rotatable bonds is 5. The lowest BCUT2D eigenvalue weighted by Crippen LogP contribution is -2.31. The Balaban J connectivity index is 3.09. The van der Waals surface area contributed by atoms with Crippen molar-refractivity contribution >= 4 is 27.5 Å². The van der Waals surface area contributed by atoms with Gasteiger partial charge in [-0.25, -0.2) is 0 Å². The number of amidine groups is 1. The Kier molecular flexibility index (Phi) is 5.47. The molecule has 0 heterocycles. The summed E-state index contributed by atoms with van der Waals surface area (Å²) in [5.74, 6) is 0.111. The van der Waals surface area contributed by atoms with Crippen molar-refractivity contribution in [3.05, 3.63) is 28.2 Å². The maximum atomic E-state index is 8.70. The van der Waals surface area contributed by atoms with Crippen LogP contribution in [0.25, 0.3) is 0 Å². The van der Waals surface area contributed by atoms with E-state index in [1.807, 2.05) is 18.2 Å². The number of nitrogens with zero attached hydrogens (tertiary/aromatic N) is 2. The van der Waals surface area contributed by atoms with Crippen molar-refractivity contribution < 1.29 is 5.21 Å². The van der Waals surface area contributed by atoms with Crippen molar-refractivity contribution in [3.63, 3.8) is 0 Å². The van der Waals surface area contributed by atoms with Crippen molar-refractivity contribution in [3.8, 4) is 0 Å². The standard InChI is InChI=1S/C13H20BrN3O/c1-4-7-17(9(2)3)10-5-6-11(12(14)8-10)13(15)16-18/h5-6,8-9,18H,4,7H2,1-3H3,(H2,15,16). The van der Waals surface area contributed by atoms with Gasteiger partial charge >= 0.3 is 0 Å². The van der Waals surface area contributed by atoms with Gasteiger partial charge in [0, 0.05) is 28.3 Å². The van der Waals surface area contributed by atoms with Crippen LogP contribution in [0.4, 0.5) is 5.69 Å². The van der Waals surface area contributed by atoms with Gasteiger partial charge in [-0.15, -0.1) is 0 Å². The Morgan fingerprint density at radius 1 is 1.50 bits per heavy atom. The van der Waals surface area contributed by atoms with E-state index in [4.69, 9.17) is 10.9 Å². The summed E-state index contributed by atoms with van der Waals surface area (Å²) in [5, 5.41) is 11.7. The molecule has 0 saturated carbocycles. The van der Waals surface area contributed by atoms with Crippen molar-refractivity contribution in [1.82, 2.24) is 0 Å². The predicted molar refractivity (Wildman–Crippen MR) is 79.4 cm³/mol. The summed E-state index contributed by atoms with van der Waals surface area (Å²) < 4.78 is 0.831. The van der Waals surface area contributed by atoms with Gasteiger partial charge in [-0.05, 0) is 54.4 Å². The fourth-order valence-corrected chi connectivity index (χ4v) is 2.44. The van der Waals surface area contributed by atoms with E-state index < -0.39 is 0 Å². The molecule has 0 aliphatic heterocycles. The van der Waals surface area contributed by atoms with E-state index >= 15 is 0 Å². The van der Waals surface area contributed by atoms with Gasteiger partial charge in [0.2, 0.25) is 0 Å². The van der Waals surface area contributed by atoms with Crippen LogP contribution in [0.15, 0.2) is 27.8 Å². The number of nitrogens with two attached hydrogens (primary N) is 1. The van der Waals surface area contributed by atoms with Crippen LogP contribution in [0.3, 0.4) is 0 Å². The molecular formula is C13H20BrN3O. The van der Waals surface area contributed by atoms with Crippen LogP contribution in [0.2, 0.25) is 0 Å². The smallest absolute Gasteiger partial charge is 0.171 e. The molecule has 5 heteroatoms. The van der Waals surface area contributed by atoms with Gasteiger partial charge in [0.1, 0.15) is 0 Å². The largest absolute Gasteiger partial charge is 0.409 e. The van der Waals surface area contributed by atoms with E-state index in [-0.39, 0.29) is 5.84 Å².